The third-order valence-corrected chi connectivity index (χ3v) is 4.15. The minimum Gasteiger partial charge on any atom is -0.289 e. The van der Waals surface area contributed by atoms with E-state index in [1.807, 2.05) is 6.07 Å². The van der Waals surface area contributed by atoms with Gasteiger partial charge in [-0.2, -0.15) is 20.6 Å². The normalized spacial score (nSPS) is 16.0. The van der Waals surface area contributed by atoms with E-state index in [0.717, 1.165) is 23.2 Å². The van der Waals surface area contributed by atoms with Gasteiger partial charge in [0.25, 0.3) is 12.3 Å². The minimum absolute atomic E-state index is 0.0778. The first-order valence-electron chi connectivity index (χ1n) is 8.38. The van der Waals surface area contributed by atoms with Crippen molar-refractivity contribution in [3.8, 4) is 12.1 Å². The van der Waals surface area contributed by atoms with Crippen molar-refractivity contribution in [2.75, 3.05) is 5.01 Å². The van der Waals surface area contributed by atoms with Crippen molar-refractivity contribution in [1.82, 2.24) is 0 Å². The summed E-state index contributed by atoms with van der Waals surface area (Å²) < 4.78 is 25.9. The van der Waals surface area contributed by atoms with E-state index >= 15 is 0 Å². The number of allylic oxidation sites excluding steroid dienone is 1. The number of anilines is 1. The fourth-order valence-corrected chi connectivity index (χ4v) is 2.75. The number of nitrogens with zero attached hydrogens (tertiary/aromatic N) is 4. The lowest BCUT2D eigenvalue weighted by Crippen LogP contribution is -2.26. The summed E-state index contributed by atoms with van der Waals surface area (Å²) in [6.07, 6.45) is -0.612. The molecule has 0 aromatic heterocycles. The van der Waals surface area contributed by atoms with Crippen LogP contribution < -0.4 is 5.01 Å². The Bertz CT molecular complexity index is 1110. The predicted molar refractivity (Wildman–Crippen MR) is 100 cm³/mol. The quantitative estimate of drug-likeness (QED) is 0.573. The maximum Gasteiger partial charge on any atom is 0.263 e. The number of hydrogen-bond acceptors (Lipinski definition) is 5. The second-order valence-electron chi connectivity index (χ2n) is 6.04. The highest BCUT2D eigenvalue weighted by Gasteiger charge is 2.35. The van der Waals surface area contributed by atoms with Gasteiger partial charge in [-0.15, -0.1) is 0 Å². The lowest BCUT2D eigenvalue weighted by Gasteiger charge is -2.12. The maximum absolute atomic E-state index is 13.0. The van der Waals surface area contributed by atoms with Crippen LogP contribution in [0.2, 0.25) is 0 Å². The molecular weight excluding hydrogens is 378 g/mol. The first kappa shape index (κ1) is 19.6. The van der Waals surface area contributed by atoms with Gasteiger partial charge < -0.3 is 0 Å². The van der Waals surface area contributed by atoms with Gasteiger partial charge in [-0.1, -0.05) is 24.3 Å². The summed E-state index contributed by atoms with van der Waals surface area (Å²) >= 11 is 0. The number of hydrogen-bond donors (Lipinski definition) is 0. The van der Waals surface area contributed by atoms with Crippen LogP contribution in [-0.4, -0.2) is 17.4 Å². The molecule has 1 amide bonds. The molecular formula is C21H12F2N4O2. The van der Waals surface area contributed by atoms with E-state index < -0.39 is 29.6 Å². The van der Waals surface area contributed by atoms with Gasteiger partial charge in [0.2, 0.25) is 0 Å². The Morgan fingerprint density at radius 3 is 2.48 bits per heavy atom. The zero-order valence-electron chi connectivity index (χ0n) is 14.8. The fourth-order valence-electron chi connectivity index (χ4n) is 2.75. The summed E-state index contributed by atoms with van der Waals surface area (Å²) in [6, 6.07) is 15.2. The molecule has 0 saturated carbocycles. The second-order valence-corrected chi connectivity index (χ2v) is 6.04. The smallest absolute Gasteiger partial charge is 0.263 e. The number of carbonyl (C=O) groups excluding carboxylic acids is 2. The van der Waals surface area contributed by atoms with Gasteiger partial charge in [-0.05, 0) is 36.4 Å². The Morgan fingerprint density at radius 1 is 1.14 bits per heavy atom. The fraction of sp³-hybridized carbons (Fsp3) is 0.0952. The molecule has 2 aromatic rings. The monoisotopic (exact) mass is 390 g/mol. The number of carbonyl (C=O) groups is 2. The number of amides is 1. The number of hydrazone groups is 1. The standard InChI is InChI=1S/C21H12F2N4O2/c22-20(23)15-9-13(11-24)8-14(10-15)19(28)7-6-17-18(12-25)26-27(21(17)29)16-4-2-1-3-5-16/h1-10,17,20H. The molecule has 0 aliphatic carbocycles. The van der Waals surface area contributed by atoms with Crippen molar-refractivity contribution in [2.45, 2.75) is 6.43 Å². The largest absolute Gasteiger partial charge is 0.289 e. The topological polar surface area (TPSA) is 97.3 Å². The molecule has 6 nitrogen and oxygen atoms in total. The number of benzene rings is 2. The van der Waals surface area contributed by atoms with E-state index in [2.05, 4.69) is 5.10 Å². The Balaban J connectivity index is 1.86. The van der Waals surface area contributed by atoms with E-state index in [0.29, 0.717) is 5.69 Å². The van der Waals surface area contributed by atoms with E-state index in [1.54, 1.807) is 36.4 Å². The van der Waals surface area contributed by atoms with Gasteiger partial charge in [-0.25, -0.2) is 8.78 Å². The molecule has 0 radical (unpaired) electrons. The molecule has 0 spiro atoms. The summed E-state index contributed by atoms with van der Waals surface area (Å²) in [5.41, 5.74) is -0.271. The number of rotatable bonds is 5. The third kappa shape index (κ3) is 4.07. The zero-order chi connectivity index (χ0) is 21.0. The molecule has 142 valence electrons. The SMILES string of the molecule is N#CC1=NN(c2ccccc2)C(=O)C1C=CC(=O)c1cc(C#N)cc(C(F)F)c1. The van der Waals surface area contributed by atoms with Gasteiger partial charge in [0.1, 0.15) is 12.0 Å². The van der Waals surface area contributed by atoms with Gasteiger partial charge in [0.15, 0.2) is 11.5 Å². The lowest BCUT2D eigenvalue weighted by molar-refractivity contribution is -0.118. The van der Waals surface area contributed by atoms with Crippen molar-refractivity contribution in [2.24, 2.45) is 11.0 Å². The Kier molecular flexibility index (Phi) is 5.56. The summed E-state index contributed by atoms with van der Waals surface area (Å²) in [4.78, 5) is 25.0. The first-order chi connectivity index (χ1) is 13.9. The number of ketones is 1. The van der Waals surface area contributed by atoms with Crippen molar-refractivity contribution >= 4 is 23.1 Å². The molecule has 1 aliphatic heterocycles. The predicted octanol–water partition coefficient (Wildman–Crippen LogP) is 3.78. The zero-order valence-corrected chi connectivity index (χ0v) is 14.8. The van der Waals surface area contributed by atoms with E-state index in [9.17, 15) is 23.6 Å². The maximum atomic E-state index is 13.0. The van der Waals surface area contributed by atoms with Crippen molar-refractivity contribution in [3.63, 3.8) is 0 Å². The van der Waals surface area contributed by atoms with Crippen LogP contribution in [0.4, 0.5) is 14.5 Å². The van der Waals surface area contributed by atoms with E-state index in [-0.39, 0.29) is 16.8 Å². The Morgan fingerprint density at radius 2 is 1.86 bits per heavy atom. The highest BCUT2D eigenvalue weighted by Crippen LogP contribution is 2.25. The van der Waals surface area contributed by atoms with Crippen LogP contribution in [0.5, 0.6) is 0 Å². The molecule has 3 rings (SSSR count). The lowest BCUT2D eigenvalue weighted by atomic mass is 9.99. The average molecular weight is 390 g/mol. The highest BCUT2D eigenvalue weighted by molar-refractivity contribution is 6.22. The molecule has 0 fully saturated rings. The summed E-state index contributed by atoms with van der Waals surface area (Å²) in [7, 11) is 0. The molecule has 0 bridgehead atoms. The summed E-state index contributed by atoms with van der Waals surface area (Å²) in [6.45, 7) is 0. The number of para-hydroxylation sites is 1. The number of nitriles is 2. The van der Waals surface area contributed by atoms with E-state index in [4.69, 9.17) is 5.26 Å². The Labute approximate surface area is 164 Å². The summed E-state index contributed by atoms with van der Waals surface area (Å²) in [5, 5.41) is 23.3. The van der Waals surface area contributed by atoms with Gasteiger partial charge in [0.05, 0.1) is 17.3 Å². The molecule has 1 heterocycles. The van der Waals surface area contributed by atoms with E-state index in [1.165, 1.54) is 12.1 Å². The average Bonchev–Trinajstić information content (AvgIpc) is 3.07. The number of alkyl halides is 2. The van der Waals surface area contributed by atoms with Crippen LogP contribution in [0.1, 0.15) is 27.9 Å². The van der Waals surface area contributed by atoms with Crippen LogP contribution in [0.15, 0.2) is 65.8 Å². The van der Waals surface area contributed by atoms with Crippen LogP contribution in [-0.2, 0) is 4.79 Å². The first-order valence-corrected chi connectivity index (χ1v) is 8.38. The van der Waals surface area contributed by atoms with Crippen LogP contribution >= 0.6 is 0 Å². The van der Waals surface area contributed by atoms with Gasteiger partial charge in [-0.3, -0.25) is 9.59 Å². The third-order valence-electron chi connectivity index (χ3n) is 4.15. The van der Waals surface area contributed by atoms with Crippen LogP contribution in [0.25, 0.3) is 0 Å². The summed E-state index contributed by atoms with van der Waals surface area (Å²) in [5.74, 6) is -2.26. The molecule has 1 atom stereocenters. The molecule has 8 heteroatoms. The van der Waals surface area contributed by atoms with Crippen molar-refractivity contribution in [1.29, 1.82) is 10.5 Å². The van der Waals surface area contributed by atoms with Crippen molar-refractivity contribution < 1.29 is 18.4 Å². The van der Waals surface area contributed by atoms with Gasteiger partial charge in [0, 0.05) is 11.1 Å². The van der Waals surface area contributed by atoms with Crippen LogP contribution in [0, 0.1) is 28.6 Å². The molecule has 1 unspecified atom stereocenters. The minimum atomic E-state index is -2.84. The second kappa shape index (κ2) is 8.24. The molecule has 29 heavy (non-hydrogen) atoms. The number of halogens is 2. The van der Waals surface area contributed by atoms with Crippen LogP contribution in [0.3, 0.4) is 0 Å². The molecule has 0 N–H and O–H groups in total. The molecule has 1 aliphatic rings. The Hall–Kier alpha value is -4.17. The van der Waals surface area contributed by atoms with Crippen molar-refractivity contribution in [3.05, 3.63) is 77.4 Å². The molecule has 0 saturated heterocycles. The highest BCUT2D eigenvalue weighted by atomic mass is 19.3. The van der Waals surface area contributed by atoms with Gasteiger partial charge >= 0.3 is 0 Å². The molecule has 2 aromatic carbocycles.